The largest absolute Gasteiger partial charge is 0.484 e. The first-order chi connectivity index (χ1) is 12.6. The minimum Gasteiger partial charge on any atom is -0.484 e. The molecule has 0 atom stereocenters. The molecule has 0 fully saturated rings. The molecule has 0 aromatic heterocycles. The molecule has 2 aromatic rings. The van der Waals surface area contributed by atoms with Gasteiger partial charge in [0.25, 0.3) is 5.91 Å². The molecule has 26 heavy (non-hydrogen) atoms. The van der Waals surface area contributed by atoms with Gasteiger partial charge in [-0.25, -0.2) is 4.79 Å². The zero-order chi connectivity index (χ0) is 18.8. The molecule has 6 heteroatoms. The fraction of sp³-hybridized carbons (Fsp3) is 0.150. The summed E-state index contributed by atoms with van der Waals surface area (Å²) >= 11 is 0. The van der Waals surface area contributed by atoms with Gasteiger partial charge in [-0.05, 0) is 55.0 Å². The van der Waals surface area contributed by atoms with Crippen LogP contribution in [0.15, 0.2) is 54.6 Å². The van der Waals surface area contributed by atoms with Crippen LogP contribution in [-0.2, 0) is 14.3 Å². The Morgan fingerprint density at radius 3 is 2.27 bits per heavy atom. The first kappa shape index (κ1) is 18.9. The van der Waals surface area contributed by atoms with Crippen molar-refractivity contribution in [2.75, 3.05) is 18.5 Å². The van der Waals surface area contributed by atoms with Crippen molar-refractivity contribution in [2.24, 2.45) is 0 Å². The number of carbonyl (C=O) groups is 3. The molecule has 0 unspecified atom stereocenters. The highest BCUT2D eigenvalue weighted by atomic mass is 16.5. The van der Waals surface area contributed by atoms with Gasteiger partial charge in [0.2, 0.25) is 0 Å². The normalized spacial score (nSPS) is 10.3. The second kappa shape index (κ2) is 9.78. The average molecular weight is 353 g/mol. The minimum atomic E-state index is -0.400. The molecule has 0 bridgehead atoms. The van der Waals surface area contributed by atoms with Crippen LogP contribution in [0.5, 0.6) is 5.75 Å². The van der Waals surface area contributed by atoms with E-state index in [9.17, 15) is 14.4 Å². The fourth-order valence-corrected chi connectivity index (χ4v) is 2.02. The lowest BCUT2D eigenvalue weighted by Gasteiger charge is -2.08. The first-order valence-corrected chi connectivity index (χ1v) is 8.03. The number of esters is 1. The van der Waals surface area contributed by atoms with Crippen molar-refractivity contribution in [1.29, 1.82) is 0 Å². The number of carbonyl (C=O) groups excluding carboxylic acids is 3. The zero-order valence-electron chi connectivity index (χ0n) is 14.3. The Bertz CT molecular complexity index is 779. The van der Waals surface area contributed by atoms with Crippen LogP contribution in [0.3, 0.4) is 0 Å². The number of nitrogens with one attached hydrogen (secondary N) is 1. The molecule has 0 heterocycles. The second-order valence-electron chi connectivity index (χ2n) is 5.23. The molecule has 2 rings (SSSR count). The SMILES string of the molecule is CCOC(=O)/C=C/c1ccc(NC(=O)COc2ccc(C=O)cc2)cc1. The van der Waals surface area contributed by atoms with Crippen molar-refractivity contribution in [3.05, 3.63) is 65.7 Å². The molecule has 2 aromatic carbocycles. The van der Waals surface area contributed by atoms with Gasteiger partial charge in [0.15, 0.2) is 6.61 Å². The first-order valence-electron chi connectivity index (χ1n) is 8.03. The van der Waals surface area contributed by atoms with E-state index in [1.165, 1.54) is 6.08 Å². The summed E-state index contributed by atoms with van der Waals surface area (Å²) in [5.74, 6) is -0.201. The van der Waals surface area contributed by atoms with Crippen molar-refractivity contribution in [3.8, 4) is 5.75 Å². The van der Waals surface area contributed by atoms with E-state index in [-0.39, 0.29) is 12.5 Å². The quantitative estimate of drug-likeness (QED) is 0.448. The number of hydrogen-bond donors (Lipinski definition) is 1. The summed E-state index contributed by atoms with van der Waals surface area (Å²) in [5, 5.41) is 2.71. The highest BCUT2D eigenvalue weighted by Gasteiger charge is 2.04. The van der Waals surface area contributed by atoms with Gasteiger partial charge in [-0.15, -0.1) is 0 Å². The molecule has 0 aliphatic carbocycles. The van der Waals surface area contributed by atoms with Crippen molar-refractivity contribution in [1.82, 2.24) is 0 Å². The molecule has 0 spiro atoms. The average Bonchev–Trinajstić information content (AvgIpc) is 2.66. The number of amides is 1. The monoisotopic (exact) mass is 353 g/mol. The lowest BCUT2D eigenvalue weighted by molar-refractivity contribution is -0.137. The van der Waals surface area contributed by atoms with Gasteiger partial charge in [0.1, 0.15) is 12.0 Å². The van der Waals surface area contributed by atoms with E-state index in [0.717, 1.165) is 11.8 Å². The van der Waals surface area contributed by atoms with Gasteiger partial charge in [-0.2, -0.15) is 0 Å². The van der Waals surface area contributed by atoms with Crippen LogP contribution in [0.25, 0.3) is 6.08 Å². The Labute approximate surface area is 151 Å². The number of rotatable bonds is 8. The molecule has 134 valence electrons. The Hall–Kier alpha value is -3.41. The number of ether oxygens (including phenoxy) is 2. The Morgan fingerprint density at radius 1 is 1.00 bits per heavy atom. The van der Waals surface area contributed by atoms with Crippen molar-refractivity contribution in [2.45, 2.75) is 6.92 Å². The molecule has 0 saturated carbocycles. The Morgan fingerprint density at radius 2 is 1.65 bits per heavy atom. The molecule has 0 saturated heterocycles. The van der Waals surface area contributed by atoms with E-state index in [1.54, 1.807) is 61.5 Å². The molecular weight excluding hydrogens is 334 g/mol. The number of hydrogen-bond acceptors (Lipinski definition) is 5. The van der Waals surface area contributed by atoms with Gasteiger partial charge in [-0.3, -0.25) is 9.59 Å². The van der Waals surface area contributed by atoms with E-state index < -0.39 is 5.97 Å². The predicted molar refractivity (Wildman–Crippen MR) is 98.1 cm³/mol. The van der Waals surface area contributed by atoms with E-state index >= 15 is 0 Å². The van der Waals surface area contributed by atoms with Crippen LogP contribution >= 0.6 is 0 Å². The van der Waals surface area contributed by atoms with Crippen molar-refractivity contribution >= 4 is 29.9 Å². The van der Waals surface area contributed by atoms with Crippen LogP contribution in [0, 0.1) is 0 Å². The molecule has 1 N–H and O–H groups in total. The van der Waals surface area contributed by atoms with Crippen LogP contribution in [-0.4, -0.2) is 31.4 Å². The van der Waals surface area contributed by atoms with Crippen LogP contribution < -0.4 is 10.1 Å². The molecule has 6 nitrogen and oxygen atoms in total. The standard InChI is InChI=1S/C20H19NO5/c1-2-25-20(24)12-7-15-3-8-17(9-4-15)21-19(23)14-26-18-10-5-16(13-22)6-11-18/h3-13H,2,14H2,1H3,(H,21,23)/b12-7+. The summed E-state index contributed by atoms with van der Waals surface area (Å²) < 4.78 is 10.2. The van der Waals surface area contributed by atoms with E-state index in [1.807, 2.05) is 0 Å². The van der Waals surface area contributed by atoms with Crippen LogP contribution in [0.4, 0.5) is 5.69 Å². The highest BCUT2D eigenvalue weighted by molar-refractivity contribution is 5.92. The van der Waals surface area contributed by atoms with Gasteiger partial charge in [0, 0.05) is 17.3 Å². The predicted octanol–water partition coefficient (Wildman–Crippen LogP) is 3.09. The van der Waals surface area contributed by atoms with Gasteiger partial charge in [-0.1, -0.05) is 12.1 Å². The van der Waals surface area contributed by atoms with Crippen molar-refractivity contribution in [3.63, 3.8) is 0 Å². The van der Waals surface area contributed by atoms with E-state index in [4.69, 9.17) is 9.47 Å². The fourth-order valence-electron chi connectivity index (χ4n) is 2.02. The maximum atomic E-state index is 11.9. The lowest BCUT2D eigenvalue weighted by atomic mass is 10.2. The second-order valence-corrected chi connectivity index (χ2v) is 5.23. The summed E-state index contributed by atoms with van der Waals surface area (Å²) in [6.07, 6.45) is 3.72. The maximum absolute atomic E-state index is 11.9. The number of benzene rings is 2. The Balaban J connectivity index is 1.82. The van der Waals surface area contributed by atoms with Gasteiger partial charge in [0.05, 0.1) is 6.61 Å². The minimum absolute atomic E-state index is 0.148. The topological polar surface area (TPSA) is 81.7 Å². The summed E-state index contributed by atoms with van der Waals surface area (Å²) in [5.41, 5.74) is 1.96. The highest BCUT2D eigenvalue weighted by Crippen LogP contribution is 2.13. The zero-order valence-corrected chi connectivity index (χ0v) is 14.3. The maximum Gasteiger partial charge on any atom is 0.330 e. The van der Waals surface area contributed by atoms with E-state index in [0.29, 0.717) is 23.6 Å². The molecule has 0 radical (unpaired) electrons. The van der Waals surface area contributed by atoms with Gasteiger partial charge < -0.3 is 14.8 Å². The molecule has 0 aliphatic heterocycles. The summed E-state index contributed by atoms with van der Waals surface area (Å²) in [7, 11) is 0. The third-order valence-corrected chi connectivity index (χ3v) is 3.28. The summed E-state index contributed by atoms with van der Waals surface area (Å²) in [6, 6.07) is 13.5. The Kier molecular flexibility index (Phi) is 7.12. The lowest BCUT2D eigenvalue weighted by Crippen LogP contribution is -2.20. The number of aldehydes is 1. The molecule has 0 aliphatic rings. The smallest absolute Gasteiger partial charge is 0.330 e. The van der Waals surface area contributed by atoms with Crippen LogP contribution in [0.2, 0.25) is 0 Å². The van der Waals surface area contributed by atoms with Crippen LogP contribution in [0.1, 0.15) is 22.8 Å². The third kappa shape index (κ3) is 6.24. The van der Waals surface area contributed by atoms with Gasteiger partial charge >= 0.3 is 5.97 Å². The third-order valence-electron chi connectivity index (χ3n) is 3.28. The summed E-state index contributed by atoms with van der Waals surface area (Å²) in [6.45, 7) is 1.93. The van der Waals surface area contributed by atoms with Crippen molar-refractivity contribution < 1.29 is 23.9 Å². The summed E-state index contributed by atoms with van der Waals surface area (Å²) in [4.78, 5) is 33.8. The molecular formula is C20H19NO5. The number of anilines is 1. The van der Waals surface area contributed by atoms with E-state index in [2.05, 4.69) is 5.32 Å². The molecule has 1 amide bonds.